The van der Waals surface area contributed by atoms with Crippen molar-refractivity contribution >= 4 is 29.0 Å². The van der Waals surface area contributed by atoms with E-state index in [1.807, 2.05) is 0 Å². The Labute approximate surface area is 191 Å². The molecule has 0 saturated heterocycles. The number of benzene rings is 3. The number of ether oxygens (including phenoxy) is 4. The zero-order valence-electron chi connectivity index (χ0n) is 18.7. The van der Waals surface area contributed by atoms with E-state index in [9.17, 15) is 9.59 Å². The summed E-state index contributed by atoms with van der Waals surface area (Å²) in [6.45, 7) is 0. The average molecular weight is 451 g/mol. The van der Waals surface area contributed by atoms with E-state index < -0.39 is 11.9 Å². The molecule has 0 aliphatic carbocycles. The second-order valence-electron chi connectivity index (χ2n) is 6.71. The molecule has 3 aromatic rings. The number of para-hydroxylation sites is 1. The van der Waals surface area contributed by atoms with Gasteiger partial charge in [-0.3, -0.25) is 4.79 Å². The molecule has 0 spiro atoms. The summed E-state index contributed by atoms with van der Waals surface area (Å²) in [4.78, 5) is 25.6. The summed E-state index contributed by atoms with van der Waals surface area (Å²) in [5.74, 6) is 1.64. The molecule has 172 valence electrons. The summed E-state index contributed by atoms with van der Waals surface area (Å²) in [6, 6.07) is 16.2. The molecule has 33 heavy (non-hydrogen) atoms. The normalized spacial score (nSPS) is 10.1. The Morgan fingerprint density at radius 1 is 0.606 bits per heavy atom. The molecule has 0 unspecified atom stereocenters. The topological polar surface area (TPSA) is 107 Å². The van der Waals surface area contributed by atoms with Gasteiger partial charge in [-0.25, -0.2) is 4.79 Å². The van der Waals surface area contributed by atoms with E-state index in [4.69, 9.17) is 18.9 Å². The van der Waals surface area contributed by atoms with Gasteiger partial charge in [0.1, 0.15) is 23.0 Å². The monoisotopic (exact) mass is 451 g/mol. The highest BCUT2D eigenvalue weighted by Gasteiger charge is 2.16. The van der Waals surface area contributed by atoms with E-state index in [1.54, 1.807) is 67.8 Å². The Hall–Kier alpha value is -4.40. The van der Waals surface area contributed by atoms with Crippen molar-refractivity contribution in [2.24, 2.45) is 0 Å². The van der Waals surface area contributed by atoms with Crippen molar-refractivity contribution in [3.63, 3.8) is 0 Å². The van der Waals surface area contributed by atoms with Crippen molar-refractivity contribution in [2.45, 2.75) is 0 Å². The summed E-state index contributed by atoms with van der Waals surface area (Å²) in [5.41, 5.74) is 1.51. The second kappa shape index (κ2) is 10.8. The van der Waals surface area contributed by atoms with Gasteiger partial charge in [0, 0.05) is 12.1 Å². The standard InChI is InChI=1S/C24H25N3O6/c1-30-15-9-11-19(21(13-15)32-3)25-23(28)17-7-5-6-8-18(17)26-24(29)27-20-12-10-16(31-2)14-22(20)33-4/h5-14H,1-4H3,(H,25,28)(H2,26,27,29). The zero-order valence-corrected chi connectivity index (χ0v) is 18.7. The SMILES string of the molecule is COc1ccc(NC(=O)Nc2ccccc2C(=O)Nc2ccc(OC)cc2OC)c(OC)c1. The molecule has 3 amide bonds. The first kappa shape index (κ1) is 23.3. The maximum atomic E-state index is 13.0. The molecular weight excluding hydrogens is 426 g/mol. The first-order valence-corrected chi connectivity index (χ1v) is 9.91. The van der Waals surface area contributed by atoms with Gasteiger partial charge in [-0.05, 0) is 36.4 Å². The molecule has 0 heterocycles. The zero-order chi connectivity index (χ0) is 23.8. The molecule has 0 fully saturated rings. The third-order valence-electron chi connectivity index (χ3n) is 4.73. The average Bonchev–Trinajstić information content (AvgIpc) is 2.84. The highest BCUT2D eigenvalue weighted by Crippen LogP contribution is 2.31. The van der Waals surface area contributed by atoms with Crippen LogP contribution in [-0.4, -0.2) is 40.4 Å². The molecule has 9 heteroatoms. The summed E-state index contributed by atoms with van der Waals surface area (Å²) >= 11 is 0. The van der Waals surface area contributed by atoms with Crippen LogP contribution in [0.2, 0.25) is 0 Å². The quantitative estimate of drug-likeness (QED) is 0.461. The molecule has 0 aliphatic heterocycles. The van der Waals surface area contributed by atoms with E-state index in [2.05, 4.69) is 16.0 Å². The van der Waals surface area contributed by atoms with Crippen LogP contribution in [-0.2, 0) is 0 Å². The van der Waals surface area contributed by atoms with Crippen molar-refractivity contribution in [3.05, 3.63) is 66.2 Å². The molecule has 0 radical (unpaired) electrons. The lowest BCUT2D eigenvalue weighted by molar-refractivity contribution is 0.102. The molecule has 0 saturated carbocycles. The molecule has 9 nitrogen and oxygen atoms in total. The van der Waals surface area contributed by atoms with Gasteiger partial charge < -0.3 is 34.9 Å². The van der Waals surface area contributed by atoms with Crippen LogP contribution in [0.3, 0.4) is 0 Å². The van der Waals surface area contributed by atoms with Crippen molar-refractivity contribution < 1.29 is 28.5 Å². The minimum Gasteiger partial charge on any atom is -0.497 e. The van der Waals surface area contributed by atoms with E-state index in [-0.39, 0.29) is 5.56 Å². The van der Waals surface area contributed by atoms with Crippen molar-refractivity contribution in [3.8, 4) is 23.0 Å². The van der Waals surface area contributed by atoms with Gasteiger partial charge in [0.15, 0.2) is 0 Å². The summed E-state index contributed by atoms with van der Waals surface area (Å²) < 4.78 is 21.0. The summed E-state index contributed by atoms with van der Waals surface area (Å²) in [5, 5.41) is 8.21. The molecule has 3 N–H and O–H groups in total. The van der Waals surface area contributed by atoms with Gasteiger partial charge in [0.25, 0.3) is 5.91 Å². The summed E-state index contributed by atoms with van der Waals surface area (Å²) in [7, 11) is 6.07. The fourth-order valence-corrected chi connectivity index (χ4v) is 3.06. The van der Waals surface area contributed by atoms with Crippen LogP contribution in [0.1, 0.15) is 10.4 Å². The number of urea groups is 1. The first-order chi connectivity index (χ1) is 16.0. The summed E-state index contributed by atoms with van der Waals surface area (Å²) in [6.07, 6.45) is 0. The van der Waals surface area contributed by atoms with Gasteiger partial charge in [-0.15, -0.1) is 0 Å². The van der Waals surface area contributed by atoms with Gasteiger partial charge >= 0.3 is 6.03 Å². The Morgan fingerprint density at radius 2 is 1.12 bits per heavy atom. The molecule has 0 bridgehead atoms. The smallest absolute Gasteiger partial charge is 0.323 e. The lowest BCUT2D eigenvalue weighted by atomic mass is 10.1. The molecule has 0 aliphatic rings. The predicted octanol–water partition coefficient (Wildman–Crippen LogP) is 4.62. The molecule has 0 aromatic heterocycles. The van der Waals surface area contributed by atoms with Crippen LogP contribution >= 0.6 is 0 Å². The number of rotatable bonds is 8. The highest BCUT2D eigenvalue weighted by molar-refractivity contribution is 6.11. The Morgan fingerprint density at radius 3 is 1.67 bits per heavy atom. The molecule has 0 atom stereocenters. The lowest BCUT2D eigenvalue weighted by Gasteiger charge is -2.15. The van der Waals surface area contributed by atoms with Crippen LogP contribution in [0, 0.1) is 0 Å². The van der Waals surface area contributed by atoms with E-state index in [0.717, 1.165) is 0 Å². The van der Waals surface area contributed by atoms with E-state index >= 15 is 0 Å². The van der Waals surface area contributed by atoms with E-state index in [1.165, 1.54) is 21.3 Å². The van der Waals surface area contributed by atoms with Crippen molar-refractivity contribution in [1.29, 1.82) is 0 Å². The maximum absolute atomic E-state index is 13.0. The third-order valence-corrected chi connectivity index (χ3v) is 4.73. The van der Waals surface area contributed by atoms with Gasteiger partial charge in [-0.2, -0.15) is 0 Å². The molecule has 3 aromatic carbocycles. The lowest BCUT2D eigenvalue weighted by Crippen LogP contribution is -2.22. The van der Waals surface area contributed by atoms with E-state index in [0.29, 0.717) is 40.1 Å². The van der Waals surface area contributed by atoms with Crippen molar-refractivity contribution in [1.82, 2.24) is 0 Å². The number of nitrogens with one attached hydrogen (secondary N) is 3. The number of hydrogen-bond acceptors (Lipinski definition) is 6. The van der Waals surface area contributed by atoms with Gasteiger partial charge in [0.2, 0.25) is 0 Å². The minimum atomic E-state index is -0.541. The number of anilines is 3. The minimum absolute atomic E-state index is 0.271. The number of methoxy groups -OCH3 is 4. The number of carbonyl (C=O) groups excluding carboxylic acids is 2. The van der Waals surface area contributed by atoms with Crippen LogP contribution in [0.15, 0.2) is 60.7 Å². The maximum Gasteiger partial charge on any atom is 0.323 e. The molecule has 3 rings (SSSR count). The number of carbonyl (C=O) groups is 2. The fourth-order valence-electron chi connectivity index (χ4n) is 3.06. The molecular formula is C24H25N3O6. The number of amides is 3. The Bertz CT molecular complexity index is 1150. The van der Waals surface area contributed by atoms with Crippen molar-refractivity contribution in [2.75, 3.05) is 44.4 Å². The third kappa shape index (κ3) is 5.65. The van der Waals surface area contributed by atoms with Gasteiger partial charge in [0.05, 0.1) is 51.1 Å². The Kier molecular flexibility index (Phi) is 7.59. The highest BCUT2D eigenvalue weighted by atomic mass is 16.5. The fraction of sp³-hybridized carbons (Fsp3) is 0.167. The van der Waals surface area contributed by atoms with Crippen LogP contribution in [0.25, 0.3) is 0 Å². The van der Waals surface area contributed by atoms with Crippen LogP contribution in [0.4, 0.5) is 21.9 Å². The van der Waals surface area contributed by atoms with Gasteiger partial charge in [-0.1, -0.05) is 12.1 Å². The first-order valence-electron chi connectivity index (χ1n) is 9.91. The Balaban J connectivity index is 1.77. The second-order valence-corrected chi connectivity index (χ2v) is 6.71. The number of hydrogen-bond donors (Lipinski definition) is 3. The predicted molar refractivity (Wildman–Crippen MR) is 126 cm³/mol. The van der Waals surface area contributed by atoms with Crippen LogP contribution < -0.4 is 34.9 Å². The largest absolute Gasteiger partial charge is 0.497 e. The van der Waals surface area contributed by atoms with Crippen LogP contribution in [0.5, 0.6) is 23.0 Å².